The molecular formula is C23H24FN3O2. The summed E-state index contributed by atoms with van der Waals surface area (Å²) in [6.07, 6.45) is 2.84. The summed E-state index contributed by atoms with van der Waals surface area (Å²) in [5.74, 6) is 0.357. The number of ether oxygens (including phenoxy) is 1. The minimum atomic E-state index is -0.231. The van der Waals surface area contributed by atoms with Gasteiger partial charge < -0.3 is 15.4 Å². The molecule has 0 aliphatic carbocycles. The van der Waals surface area contributed by atoms with Crippen molar-refractivity contribution in [1.29, 1.82) is 0 Å². The predicted molar refractivity (Wildman–Crippen MR) is 112 cm³/mol. The number of carbonyl (C=O) groups excluding carboxylic acids is 1. The van der Waals surface area contributed by atoms with Crippen LogP contribution in [0.25, 0.3) is 0 Å². The Kier molecular flexibility index (Phi) is 7.16. The van der Waals surface area contributed by atoms with Gasteiger partial charge in [0.2, 0.25) is 0 Å². The summed E-state index contributed by atoms with van der Waals surface area (Å²) in [5, 5.41) is 6.09. The minimum Gasteiger partial charge on any atom is -0.497 e. The topological polar surface area (TPSA) is 63.2 Å². The van der Waals surface area contributed by atoms with Crippen molar-refractivity contribution in [3.05, 3.63) is 89.5 Å². The number of nitrogens with zero attached hydrogens (tertiary/aromatic N) is 1. The number of carbonyl (C=O) groups is 1. The largest absolute Gasteiger partial charge is 0.497 e. The molecular weight excluding hydrogens is 369 g/mol. The maximum Gasteiger partial charge on any atom is 0.269 e. The molecule has 0 radical (unpaired) electrons. The molecule has 0 fully saturated rings. The van der Waals surface area contributed by atoms with Gasteiger partial charge in [-0.1, -0.05) is 30.3 Å². The SMILES string of the molecule is COc1cccc(CCNC(=O)c2cc(NCCc3ccccc3F)ccn2)c1. The third-order valence-electron chi connectivity index (χ3n) is 4.51. The molecule has 0 atom stereocenters. The molecule has 0 aliphatic heterocycles. The second kappa shape index (κ2) is 10.2. The van der Waals surface area contributed by atoms with Crippen LogP contribution in [0.2, 0.25) is 0 Å². The predicted octanol–water partition coefficient (Wildman–Crippen LogP) is 3.86. The molecule has 2 aromatic carbocycles. The number of hydrogen-bond acceptors (Lipinski definition) is 4. The fourth-order valence-electron chi connectivity index (χ4n) is 2.95. The molecule has 0 spiro atoms. The van der Waals surface area contributed by atoms with Crippen LogP contribution in [-0.2, 0) is 12.8 Å². The highest BCUT2D eigenvalue weighted by Gasteiger charge is 2.08. The van der Waals surface area contributed by atoms with Crippen molar-refractivity contribution < 1.29 is 13.9 Å². The van der Waals surface area contributed by atoms with Gasteiger partial charge in [0, 0.05) is 25.0 Å². The van der Waals surface area contributed by atoms with Gasteiger partial charge in [-0.2, -0.15) is 0 Å². The van der Waals surface area contributed by atoms with Gasteiger partial charge in [0.25, 0.3) is 5.91 Å². The first-order valence-corrected chi connectivity index (χ1v) is 9.50. The van der Waals surface area contributed by atoms with Crippen LogP contribution >= 0.6 is 0 Å². The van der Waals surface area contributed by atoms with Gasteiger partial charge in [-0.05, 0) is 54.3 Å². The number of nitrogens with one attached hydrogen (secondary N) is 2. The van der Waals surface area contributed by atoms with E-state index in [2.05, 4.69) is 15.6 Å². The van der Waals surface area contributed by atoms with Crippen molar-refractivity contribution in [3.63, 3.8) is 0 Å². The van der Waals surface area contributed by atoms with E-state index >= 15 is 0 Å². The first-order valence-electron chi connectivity index (χ1n) is 9.50. The average molecular weight is 393 g/mol. The number of amides is 1. The van der Waals surface area contributed by atoms with Gasteiger partial charge in [-0.3, -0.25) is 9.78 Å². The molecule has 5 nitrogen and oxygen atoms in total. The van der Waals surface area contributed by atoms with Gasteiger partial charge in [-0.25, -0.2) is 4.39 Å². The van der Waals surface area contributed by atoms with E-state index in [-0.39, 0.29) is 11.7 Å². The molecule has 2 N–H and O–H groups in total. The van der Waals surface area contributed by atoms with Crippen LogP contribution in [0.4, 0.5) is 10.1 Å². The lowest BCUT2D eigenvalue weighted by atomic mass is 10.1. The van der Waals surface area contributed by atoms with Crippen LogP contribution in [0, 0.1) is 5.82 Å². The Bertz CT molecular complexity index is 962. The highest BCUT2D eigenvalue weighted by Crippen LogP contribution is 2.13. The molecule has 6 heteroatoms. The number of hydrogen-bond donors (Lipinski definition) is 2. The van der Waals surface area contributed by atoms with E-state index < -0.39 is 0 Å². The normalized spacial score (nSPS) is 10.4. The van der Waals surface area contributed by atoms with Crippen LogP contribution in [0.3, 0.4) is 0 Å². The monoisotopic (exact) mass is 393 g/mol. The van der Waals surface area contributed by atoms with E-state index in [4.69, 9.17) is 4.74 Å². The second-order valence-corrected chi connectivity index (χ2v) is 6.56. The molecule has 1 amide bonds. The van der Waals surface area contributed by atoms with Crippen LogP contribution in [0.5, 0.6) is 5.75 Å². The Labute approximate surface area is 169 Å². The van der Waals surface area contributed by atoms with E-state index in [0.29, 0.717) is 37.2 Å². The maximum atomic E-state index is 13.7. The zero-order valence-corrected chi connectivity index (χ0v) is 16.3. The molecule has 0 aliphatic rings. The Balaban J connectivity index is 1.49. The van der Waals surface area contributed by atoms with Crippen molar-refractivity contribution in [1.82, 2.24) is 10.3 Å². The lowest BCUT2D eigenvalue weighted by Crippen LogP contribution is -2.26. The molecule has 150 valence electrons. The van der Waals surface area contributed by atoms with Gasteiger partial charge in [0.05, 0.1) is 7.11 Å². The van der Waals surface area contributed by atoms with E-state index in [9.17, 15) is 9.18 Å². The van der Waals surface area contributed by atoms with Crippen LogP contribution in [0.15, 0.2) is 66.9 Å². The maximum absolute atomic E-state index is 13.7. The Morgan fingerprint density at radius 3 is 2.72 bits per heavy atom. The molecule has 29 heavy (non-hydrogen) atoms. The molecule has 0 saturated carbocycles. The lowest BCUT2D eigenvalue weighted by molar-refractivity contribution is 0.0949. The molecule has 0 saturated heterocycles. The summed E-state index contributed by atoms with van der Waals surface area (Å²) in [6.45, 7) is 1.06. The fourth-order valence-corrected chi connectivity index (χ4v) is 2.95. The number of anilines is 1. The summed E-state index contributed by atoms with van der Waals surface area (Å²) in [4.78, 5) is 16.5. The summed E-state index contributed by atoms with van der Waals surface area (Å²) < 4.78 is 18.9. The summed E-state index contributed by atoms with van der Waals surface area (Å²) in [7, 11) is 1.63. The third-order valence-corrected chi connectivity index (χ3v) is 4.51. The van der Waals surface area contributed by atoms with Crippen molar-refractivity contribution >= 4 is 11.6 Å². The van der Waals surface area contributed by atoms with Crippen molar-refractivity contribution in [3.8, 4) is 5.75 Å². The molecule has 0 unspecified atom stereocenters. The molecule has 1 aromatic heterocycles. The molecule has 1 heterocycles. The minimum absolute atomic E-state index is 0.208. The van der Waals surface area contributed by atoms with Crippen molar-refractivity contribution in [2.24, 2.45) is 0 Å². The standard InChI is InChI=1S/C23H24FN3O2/c1-29-20-7-4-5-17(15-20)9-12-27-23(28)22-16-19(11-14-26-22)25-13-10-18-6-2-3-8-21(18)24/h2-8,11,14-16H,9-10,12-13H2,1H3,(H,25,26)(H,27,28). The molecule has 0 bridgehead atoms. The van der Waals surface area contributed by atoms with Crippen molar-refractivity contribution in [2.45, 2.75) is 12.8 Å². The van der Waals surface area contributed by atoms with E-state index in [1.807, 2.05) is 30.3 Å². The van der Waals surface area contributed by atoms with Crippen molar-refractivity contribution in [2.75, 3.05) is 25.5 Å². The number of pyridine rings is 1. The first-order chi connectivity index (χ1) is 14.2. The first kappa shape index (κ1) is 20.3. The van der Waals surface area contributed by atoms with Crippen LogP contribution in [-0.4, -0.2) is 31.1 Å². The lowest BCUT2D eigenvalue weighted by Gasteiger charge is -2.09. The number of methoxy groups -OCH3 is 1. The number of halogens is 1. The Hall–Kier alpha value is -3.41. The number of benzene rings is 2. The third kappa shape index (κ3) is 6.04. The Morgan fingerprint density at radius 2 is 1.90 bits per heavy atom. The zero-order chi connectivity index (χ0) is 20.5. The summed E-state index contributed by atoms with van der Waals surface area (Å²) in [5.41, 5.74) is 2.85. The van der Waals surface area contributed by atoms with Gasteiger partial charge in [0.15, 0.2) is 0 Å². The van der Waals surface area contributed by atoms with Gasteiger partial charge in [-0.15, -0.1) is 0 Å². The smallest absolute Gasteiger partial charge is 0.269 e. The van der Waals surface area contributed by atoms with E-state index in [1.54, 1.807) is 37.6 Å². The summed E-state index contributed by atoms with van der Waals surface area (Å²) in [6, 6.07) is 18.0. The number of rotatable bonds is 9. The highest BCUT2D eigenvalue weighted by molar-refractivity contribution is 5.93. The van der Waals surface area contributed by atoms with Crippen LogP contribution in [0.1, 0.15) is 21.6 Å². The molecule has 3 aromatic rings. The number of aromatic nitrogens is 1. The highest BCUT2D eigenvalue weighted by atomic mass is 19.1. The van der Waals surface area contributed by atoms with Crippen LogP contribution < -0.4 is 15.4 Å². The van der Waals surface area contributed by atoms with Gasteiger partial charge >= 0.3 is 0 Å². The van der Waals surface area contributed by atoms with E-state index in [0.717, 1.165) is 17.0 Å². The zero-order valence-electron chi connectivity index (χ0n) is 16.3. The second-order valence-electron chi connectivity index (χ2n) is 6.56. The van der Waals surface area contributed by atoms with E-state index in [1.165, 1.54) is 6.07 Å². The summed E-state index contributed by atoms with van der Waals surface area (Å²) >= 11 is 0. The van der Waals surface area contributed by atoms with Gasteiger partial charge in [0.1, 0.15) is 17.3 Å². The molecule has 3 rings (SSSR count). The fraction of sp³-hybridized carbons (Fsp3) is 0.217. The average Bonchev–Trinajstić information content (AvgIpc) is 2.75. The quantitative estimate of drug-likeness (QED) is 0.580. The Morgan fingerprint density at radius 1 is 1.03 bits per heavy atom.